The standard InChI is InChI=1S/C20H28N2O4/c1-14-11-15(2)19(16(3)12-14)22(17(4)23)13-18(24)21-7-5-20(6-8-21)25-9-10-26-20/h11-12H,5-10,13H2,1-4H3. The van der Waals surface area contributed by atoms with E-state index in [4.69, 9.17) is 9.47 Å². The van der Waals surface area contributed by atoms with E-state index in [1.807, 2.05) is 37.8 Å². The first kappa shape index (κ1) is 18.9. The number of hydrogen-bond acceptors (Lipinski definition) is 4. The fraction of sp³-hybridized carbons (Fsp3) is 0.600. The van der Waals surface area contributed by atoms with Crippen molar-refractivity contribution in [1.82, 2.24) is 4.90 Å². The Balaban J connectivity index is 1.71. The number of rotatable bonds is 3. The highest BCUT2D eigenvalue weighted by Crippen LogP contribution is 2.32. The van der Waals surface area contributed by atoms with Gasteiger partial charge in [-0.05, 0) is 31.9 Å². The van der Waals surface area contributed by atoms with E-state index in [0.29, 0.717) is 39.1 Å². The van der Waals surface area contributed by atoms with Crippen molar-refractivity contribution in [2.75, 3.05) is 37.7 Å². The van der Waals surface area contributed by atoms with Crippen LogP contribution in [0, 0.1) is 20.8 Å². The molecule has 2 fully saturated rings. The fourth-order valence-corrected chi connectivity index (χ4v) is 4.06. The Hall–Kier alpha value is -1.92. The van der Waals surface area contributed by atoms with E-state index in [1.165, 1.54) is 6.92 Å². The highest BCUT2D eigenvalue weighted by atomic mass is 16.7. The summed E-state index contributed by atoms with van der Waals surface area (Å²) < 4.78 is 11.4. The van der Waals surface area contributed by atoms with Gasteiger partial charge >= 0.3 is 0 Å². The molecule has 0 saturated carbocycles. The average molecular weight is 360 g/mol. The third-order valence-corrected chi connectivity index (χ3v) is 5.27. The second-order valence-corrected chi connectivity index (χ2v) is 7.34. The Bertz CT molecular complexity index is 677. The van der Waals surface area contributed by atoms with E-state index < -0.39 is 5.79 Å². The van der Waals surface area contributed by atoms with E-state index >= 15 is 0 Å². The average Bonchev–Trinajstić information content (AvgIpc) is 3.01. The Kier molecular flexibility index (Phi) is 5.34. The quantitative estimate of drug-likeness (QED) is 0.830. The summed E-state index contributed by atoms with van der Waals surface area (Å²) in [6, 6.07) is 4.09. The van der Waals surface area contributed by atoms with Gasteiger partial charge in [0.05, 0.1) is 18.9 Å². The lowest BCUT2D eigenvalue weighted by molar-refractivity contribution is -0.187. The zero-order chi connectivity index (χ0) is 18.9. The lowest BCUT2D eigenvalue weighted by Gasteiger charge is -2.38. The molecule has 1 aromatic rings. The van der Waals surface area contributed by atoms with Crippen LogP contribution in [0.1, 0.15) is 36.5 Å². The lowest BCUT2D eigenvalue weighted by atomic mass is 10.0. The minimum absolute atomic E-state index is 0.0348. The monoisotopic (exact) mass is 360 g/mol. The van der Waals surface area contributed by atoms with Crippen LogP contribution in [-0.4, -0.2) is 55.3 Å². The maximum absolute atomic E-state index is 12.8. The minimum atomic E-state index is -0.499. The number of carbonyl (C=O) groups excluding carboxylic acids is 2. The molecule has 0 aliphatic carbocycles. The largest absolute Gasteiger partial charge is 0.347 e. The van der Waals surface area contributed by atoms with Gasteiger partial charge in [-0.2, -0.15) is 0 Å². The lowest BCUT2D eigenvalue weighted by Crippen LogP contribution is -2.50. The second kappa shape index (κ2) is 7.37. The van der Waals surface area contributed by atoms with Crippen molar-refractivity contribution in [3.8, 4) is 0 Å². The van der Waals surface area contributed by atoms with Crippen LogP contribution in [0.2, 0.25) is 0 Å². The van der Waals surface area contributed by atoms with Gasteiger partial charge in [0.15, 0.2) is 5.79 Å². The van der Waals surface area contributed by atoms with Crippen molar-refractivity contribution in [1.29, 1.82) is 0 Å². The van der Waals surface area contributed by atoms with Gasteiger partial charge in [0.25, 0.3) is 0 Å². The highest BCUT2D eigenvalue weighted by Gasteiger charge is 2.41. The molecule has 2 amide bonds. The number of carbonyl (C=O) groups is 2. The predicted molar refractivity (Wildman–Crippen MR) is 99.1 cm³/mol. The molecule has 1 spiro atoms. The fourth-order valence-electron chi connectivity index (χ4n) is 4.06. The van der Waals surface area contributed by atoms with Gasteiger partial charge in [-0.3, -0.25) is 9.59 Å². The van der Waals surface area contributed by atoms with Crippen LogP contribution in [0.25, 0.3) is 0 Å². The molecule has 2 saturated heterocycles. The second-order valence-electron chi connectivity index (χ2n) is 7.34. The summed E-state index contributed by atoms with van der Waals surface area (Å²) in [7, 11) is 0. The Labute approximate surface area is 155 Å². The van der Waals surface area contributed by atoms with Crippen molar-refractivity contribution in [3.05, 3.63) is 28.8 Å². The van der Waals surface area contributed by atoms with Crippen LogP contribution < -0.4 is 4.90 Å². The van der Waals surface area contributed by atoms with Crippen LogP contribution >= 0.6 is 0 Å². The molecule has 142 valence electrons. The summed E-state index contributed by atoms with van der Waals surface area (Å²) in [5.74, 6) is -0.655. The normalized spacial score (nSPS) is 19.0. The van der Waals surface area contributed by atoms with Gasteiger partial charge in [0, 0.05) is 32.9 Å². The van der Waals surface area contributed by atoms with E-state index in [9.17, 15) is 9.59 Å². The summed E-state index contributed by atoms with van der Waals surface area (Å²) in [6.45, 7) is 10.0. The van der Waals surface area contributed by atoms with E-state index in [1.54, 1.807) is 4.90 Å². The van der Waals surface area contributed by atoms with Crippen LogP contribution in [0.5, 0.6) is 0 Å². The minimum Gasteiger partial charge on any atom is -0.347 e. The molecule has 0 radical (unpaired) electrons. The van der Waals surface area contributed by atoms with Crippen molar-refractivity contribution in [2.45, 2.75) is 46.3 Å². The zero-order valence-corrected chi connectivity index (χ0v) is 16.1. The van der Waals surface area contributed by atoms with Gasteiger partial charge in [-0.25, -0.2) is 0 Å². The van der Waals surface area contributed by atoms with Crippen LogP contribution in [-0.2, 0) is 19.1 Å². The van der Waals surface area contributed by atoms with E-state index in [0.717, 1.165) is 22.4 Å². The maximum Gasteiger partial charge on any atom is 0.242 e. The molecule has 26 heavy (non-hydrogen) atoms. The number of amides is 2. The summed E-state index contributed by atoms with van der Waals surface area (Å²) >= 11 is 0. The topological polar surface area (TPSA) is 59.1 Å². The SMILES string of the molecule is CC(=O)N(CC(=O)N1CCC2(CC1)OCCO2)c1c(C)cc(C)cc1C. The summed E-state index contributed by atoms with van der Waals surface area (Å²) in [6.07, 6.45) is 1.36. The number of hydrogen-bond donors (Lipinski definition) is 0. The smallest absolute Gasteiger partial charge is 0.242 e. The molecule has 6 heteroatoms. The first-order valence-corrected chi connectivity index (χ1v) is 9.23. The zero-order valence-electron chi connectivity index (χ0n) is 16.1. The summed E-state index contributed by atoms with van der Waals surface area (Å²) in [4.78, 5) is 28.5. The number of ether oxygens (including phenoxy) is 2. The van der Waals surface area contributed by atoms with Crippen molar-refractivity contribution < 1.29 is 19.1 Å². The first-order valence-electron chi connectivity index (χ1n) is 9.23. The molecule has 0 bridgehead atoms. The van der Waals surface area contributed by atoms with E-state index in [-0.39, 0.29) is 18.4 Å². The van der Waals surface area contributed by atoms with Gasteiger partial charge in [-0.15, -0.1) is 0 Å². The third kappa shape index (κ3) is 3.76. The molecule has 3 rings (SSSR count). The number of likely N-dealkylation sites (tertiary alicyclic amines) is 1. The molecule has 0 atom stereocenters. The molecule has 0 N–H and O–H groups in total. The molecule has 2 heterocycles. The van der Waals surface area contributed by atoms with E-state index in [2.05, 4.69) is 0 Å². The number of anilines is 1. The van der Waals surface area contributed by atoms with Gasteiger partial charge < -0.3 is 19.3 Å². The number of nitrogens with zero attached hydrogens (tertiary/aromatic N) is 2. The molecule has 2 aliphatic rings. The van der Waals surface area contributed by atoms with Gasteiger partial charge in [0.2, 0.25) is 11.8 Å². The third-order valence-electron chi connectivity index (χ3n) is 5.27. The van der Waals surface area contributed by atoms with Gasteiger partial charge in [-0.1, -0.05) is 17.7 Å². The molecule has 6 nitrogen and oxygen atoms in total. The first-order chi connectivity index (χ1) is 12.3. The molecular formula is C20H28N2O4. The summed E-state index contributed by atoms with van der Waals surface area (Å²) in [5, 5.41) is 0. The Morgan fingerprint density at radius 1 is 1.08 bits per heavy atom. The highest BCUT2D eigenvalue weighted by molar-refractivity contribution is 5.98. The van der Waals surface area contributed by atoms with Crippen molar-refractivity contribution in [2.24, 2.45) is 0 Å². The Morgan fingerprint density at radius 3 is 2.12 bits per heavy atom. The Morgan fingerprint density at radius 2 is 1.62 bits per heavy atom. The van der Waals surface area contributed by atoms with Crippen LogP contribution in [0.4, 0.5) is 5.69 Å². The number of benzene rings is 1. The molecule has 2 aliphatic heterocycles. The predicted octanol–water partition coefficient (Wildman–Crippen LogP) is 2.33. The molecule has 1 aromatic carbocycles. The number of piperidine rings is 1. The van der Waals surface area contributed by atoms with Crippen molar-refractivity contribution >= 4 is 17.5 Å². The maximum atomic E-state index is 12.8. The van der Waals surface area contributed by atoms with Crippen LogP contribution in [0.15, 0.2) is 12.1 Å². The van der Waals surface area contributed by atoms with Gasteiger partial charge in [0.1, 0.15) is 6.54 Å². The summed E-state index contributed by atoms with van der Waals surface area (Å²) in [5.41, 5.74) is 4.01. The molecule has 0 unspecified atom stereocenters. The molecule has 0 aromatic heterocycles. The number of aryl methyl sites for hydroxylation is 3. The van der Waals surface area contributed by atoms with Crippen molar-refractivity contribution in [3.63, 3.8) is 0 Å². The molecular weight excluding hydrogens is 332 g/mol. The van der Waals surface area contributed by atoms with Crippen LogP contribution in [0.3, 0.4) is 0 Å².